The number of hydrogen-bond acceptors (Lipinski definition) is 1. The minimum atomic E-state index is 0.346. The van der Waals surface area contributed by atoms with Crippen LogP contribution in [0.4, 0.5) is 0 Å². The maximum atomic E-state index is 6.47. The average Bonchev–Trinajstić information content (AvgIpc) is 2.88. The number of nitrogens with zero attached hydrogens (tertiary/aromatic N) is 1. The lowest BCUT2D eigenvalue weighted by Gasteiger charge is -2.37. The third-order valence-corrected chi connectivity index (χ3v) is 6.51. The summed E-state index contributed by atoms with van der Waals surface area (Å²) < 4.78 is 0. The van der Waals surface area contributed by atoms with Crippen LogP contribution in [0.5, 0.6) is 0 Å². The van der Waals surface area contributed by atoms with Gasteiger partial charge in [0.15, 0.2) is 0 Å². The van der Waals surface area contributed by atoms with E-state index in [0.717, 1.165) is 31.1 Å². The summed E-state index contributed by atoms with van der Waals surface area (Å²) in [6, 6.07) is 14.9. The summed E-state index contributed by atoms with van der Waals surface area (Å²) in [6.07, 6.45) is 2.23. The van der Waals surface area contributed by atoms with E-state index < -0.39 is 0 Å². The van der Waals surface area contributed by atoms with Crippen molar-refractivity contribution < 1.29 is 0 Å². The summed E-state index contributed by atoms with van der Waals surface area (Å²) in [7, 11) is 0. The number of benzene rings is 2. The van der Waals surface area contributed by atoms with Gasteiger partial charge < -0.3 is 0 Å². The zero-order valence-corrected chi connectivity index (χ0v) is 14.9. The molecular formula is C20H21Cl2N. The quantitative estimate of drug-likeness (QED) is 0.690. The maximum Gasteiger partial charge on any atom is 0.0627 e. The number of halogens is 2. The standard InChI is InChI=1S/C20H21Cl2N/c1-20-10-9-16-15(7-8-18(21)19(16)22)17(20)12-23(13-20)11-14-5-3-2-4-6-14/h2-8,17H,9-13H2,1H3/t17-,20+/m1/s1. The highest BCUT2D eigenvalue weighted by Gasteiger charge is 2.46. The van der Waals surface area contributed by atoms with Crippen LogP contribution in [0.25, 0.3) is 0 Å². The first-order chi connectivity index (χ1) is 11.1. The Morgan fingerprint density at radius 1 is 1.13 bits per heavy atom. The van der Waals surface area contributed by atoms with E-state index in [2.05, 4.69) is 48.2 Å². The summed E-state index contributed by atoms with van der Waals surface area (Å²) in [5.41, 5.74) is 4.44. The molecule has 0 N–H and O–H groups in total. The Morgan fingerprint density at radius 3 is 2.70 bits per heavy atom. The molecule has 2 aliphatic rings. The van der Waals surface area contributed by atoms with Gasteiger partial charge in [0.2, 0.25) is 0 Å². The van der Waals surface area contributed by atoms with Gasteiger partial charge in [0.1, 0.15) is 0 Å². The molecular weight excluding hydrogens is 325 g/mol. The summed E-state index contributed by atoms with van der Waals surface area (Å²) in [6.45, 7) is 5.74. The van der Waals surface area contributed by atoms with Crippen molar-refractivity contribution in [2.75, 3.05) is 13.1 Å². The van der Waals surface area contributed by atoms with Crippen molar-refractivity contribution in [3.63, 3.8) is 0 Å². The molecule has 120 valence electrons. The fourth-order valence-electron chi connectivity index (χ4n) is 4.45. The molecule has 1 saturated heterocycles. The number of rotatable bonds is 2. The first-order valence-electron chi connectivity index (χ1n) is 8.30. The van der Waals surface area contributed by atoms with Crippen molar-refractivity contribution in [3.05, 3.63) is 69.2 Å². The van der Waals surface area contributed by atoms with E-state index in [9.17, 15) is 0 Å². The number of likely N-dealkylation sites (tertiary alicyclic amines) is 1. The van der Waals surface area contributed by atoms with E-state index in [1.807, 2.05) is 6.07 Å². The van der Waals surface area contributed by atoms with Crippen molar-refractivity contribution in [3.8, 4) is 0 Å². The molecule has 3 heteroatoms. The van der Waals surface area contributed by atoms with Crippen LogP contribution in [0.15, 0.2) is 42.5 Å². The molecule has 0 aromatic heterocycles. The summed E-state index contributed by atoms with van der Waals surface area (Å²) in [5, 5.41) is 1.46. The first-order valence-corrected chi connectivity index (χ1v) is 9.05. The molecule has 0 radical (unpaired) electrons. The van der Waals surface area contributed by atoms with Crippen LogP contribution in [0.1, 0.15) is 36.0 Å². The van der Waals surface area contributed by atoms with Crippen LogP contribution in [0, 0.1) is 5.41 Å². The molecule has 1 heterocycles. The topological polar surface area (TPSA) is 3.24 Å². The first kappa shape index (κ1) is 15.5. The fraction of sp³-hybridized carbons (Fsp3) is 0.400. The normalized spacial score (nSPS) is 26.8. The van der Waals surface area contributed by atoms with Gasteiger partial charge in [-0.3, -0.25) is 4.90 Å². The van der Waals surface area contributed by atoms with Gasteiger partial charge in [0.25, 0.3) is 0 Å². The molecule has 4 rings (SSSR count). The lowest BCUT2D eigenvalue weighted by atomic mass is 9.67. The summed E-state index contributed by atoms with van der Waals surface area (Å²) in [5.74, 6) is 0.560. The second kappa shape index (κ2) is 5.81. The molecule has 0 unspecified atom stereocenters. The van der Waals surface area contributed by atoms with Crippen LogP contribution in [0.2, 0.25) is 10.0 Å². The fourth-order valence-corrected chi connectivity index (χ4v) is 4.90. The largest absolute Gasteiger partial charge is 0.298 e. The Hall–Kier alpha value is -1.02. The van der Waals surface area contributed by atoms with Gasteiger partial charge >= 0.3 is 0 Å². The third-order valence-electron chi connectivity index (χ3n) is 5.67. The molecule has 0 bridgehead atoms. The van der Waals surface area contributed by atoms with Gasteiger partial charge in [-0.2, -0.15) is 0 Å². The predicted molar refractivity (Wildman–Crippen MR) is 97.4 cm³/mol. The van der Waals surface area contributed by atoms with Crippen LogP contribution >= 0.6 is 23.2 Å². The van der Waals surface area contributed by atoms with Crippen molar-refractivity contribution in [2.24, 2.45) is 5.41 Å². The maximum absolute atomic E-state index is 6.47. The highest BCUT2D eigenvalue weighted by molar-refractivity contribution is 6.42. The molecule has 23 heavy (non-hydrogen) atoms. The number of fused-ring (bicyclic) bond motifs is 3. The molecule has 0 saturated carbocycles. The van der Waals surface area contributed by atoms with Crippen molar-refractivity contribution in [1.82, 2.24) is 4.90 Å². The lowest BCUT2D eigenvalue weighted by molar-refractivity contribution is 0.240. The third kappa shape index (κ3) is 2.69. The van der Waals surface area contributed by atoms with Gasteiger partial charge in [-0.15, -0.1) is 0 Å². The van der Waals surface area contributed by atoms with Crippen molar-refractivity contribution in [2.45, 2.75) is 32.2 Å². The average molecular weight is 346 g/mol. The van der Waals surface area contributed by atoms with Gasteiger partial charge in [-0.25, -0.2) is 0 Å². The Bertz CT molecular complexity index is 728. The highest BCUT2D eigenvalue weighted by Crippen LogP contribution is 2.52. The van der Waals surface area contributed by atoms with Crippen LogP contribution in [-0.4, -0.2) is 18.0 Å². The highest BCUT2D eigenvalue weighted by atomic mass is 35.5. The minimum absolute atomic E-state index is 0.346. The smallest absolute Gasteiger partial charge is 0.0627 e. The van der Waals surface area contributed by atoms with Gasteiger partial charge in [0, 0.05) is 25.6 Å². The predicted octanol–water partition coefficient (Wildman–Crippen LogP) is 5.55. The second-order valence-electron chi connectivity index (χ2n) is 7.29. The van der Waals surface area contributed by atoms with E-state index in [0.29, 0.717) is 16.4 Å². The Balaban J connectivity index is 1.63. The van der Waals surface area contributed by atoms with E-state index in [1.165, 1.54) is 23.1 Å². The Labute approximate surface area is 148 Å². The second-order valence-corrected chi connectivity index (χ2v) is 8.08. The molecule has 1 fully saturated rings. The lowest BCUT2D eigenvalue weighted by Crippen LogP contribution is -2.30. The summed E-state index contributed by atoms with van der Waals surface area (Å²) >= 11 is 12.7. The van der Waals surface area contributed by atoms with Crippen molar-refractivity contribution in [1.29, 1.82) is 0 Å². The van der Waals surface area contributed by atoms with Gasteiger partial charge in [-0.1, -0.05) is 66.5 Å². The zero-order chi connectivity index (χ0) is 16.0. The van der Waals surface area contributed by atoms with Crippen molar-refractivity contribution >= 4 is 23.2 Å². The van der Waals surface area contributed by atoms with E-state index in [1.54, 1.807) is 0 Å². The molecule has 2 atom stereocenters. The monoisotopic (exact) mass is 345 g/mol. The molecule has 2 aromatic carbocycles. The molecule has 0 spiro atoms. The van der Waals surface area contributed by atoms with Gasteiger partial charge in [0.05, 0.1) is 10.0 Å². The summed E-state index contributed by atoms with van der Waals surface area (Å²) in [4.78, 5) is 2.59. The molecule has 1 aliphatic heterocycles. The molecule has 1 aliphatic carbocycles. The Kier molecular flexibility index (Phi) is 3.91. The molecule has 0 amide bonds. The van der Waals surface area contributed by atoms with Crippen LogP contribution < -0.4 is 0 Å². The Morgan fingerprint density at radius 2 is 1.91 bits per heavy atom. The van der Waals surface area contributed by atoms with Crippen LogP contribution in [-0.2, 0) is 13.0 Å². The van der Waals surface area contributed by atoms with Gasteiger partial charge in [-0.05, 0) is 41.0 Å². The molecule has 1 nitrogen and oxygen atoms in total. The number of hydrogen-bond donors (Lipinski definition) is 0. The van der Waals surface area contributed by atoms with E-state index in [-0.39, 0.29) is 0 Å². The zero-order valence-electron chi connectivity index (χ0n) is 13.4. The van der Waals surface area contributed by atoms with Crippen LogP contribution in [0.3, 0.4) is 0 Å². The SMILES string of the molecule is C[C@@]12CCc3c(ccc(Cl)c3Cl)[C@H]1CN(Cc1ccccc1)C2. The molecule has 2 aromatic rings. The van der Waals surface area contributed by atoms with E-state index >= 15 is 0 Å². The minimum Gasteiger partial charge on any atom is -0.298 e. The van der Waals surface area contributed by atoms with E-state index in [4.69, 9.17) is 23.2 Å².